The van der Waals surface area contributed by atoms with Gasteiger partial charge in [0.1, 0.15) is 5.54 Å². The number of rotatable bonds is 4. The van der Waals surface area contributed by atoms with Gasteiger partial charge in [0.15, 0.2) is 0 Å². The molecule has 104 valence electrons. The van der Waals surface area contributed by atoms with Crippen molar-refractivity contribution >= 4 is 44.9 Å². The quantitative estimate of drug-likeness (QED) is 0.912. The molecule has 1 aliphatic rings. The van der Waals surface area contributed by atoms with Crippen LogP contribution in [0.2, 0.25) is 5.02 Å². The fourth-order valence-electron chi connectivity index (χ4n) is 2.19. The molecule has 1 heterocycles. The average molecular weight is 310 g/mol. The lowest BCUT2D eigenvalue weighted by Gasteiger charge is -2.12. The molecule has 1 aromatic heterocycles. The van der Waals surface area contributed by atoms with Gasteiger partial charge in [-0.25, -0.2) is 4.79 Å². The summed E-state index contributed by atoms with van der Waals surface area (Å²) in [5, 5.41) is 15.2. The molecule has 0 saturated heterocycles. The highest BCUT2D eigenvalue weighted by Crippen LogP contribution is 2.36. The molecule has 0 spiro atoms. The van der Waals surface area contributed by atoms with E-state index in [2.05, 4.69) is 5.32 Å². The monoisotopic (exact) mass is 309 g/mol. The van der Waals surface area contributed by atoms with Crippen molar-refractivity contribution in [3.63, 3.8) is 0 Å². The maximum absolute atomic E-state index is 12.0. The Morgan fingerprint density at radius 2 is 2.15 bits per heavy atom. The summed E-state index contributed by atoms with van der Waals surface area (Å²) < 4.78 is 1.07. The Balaban J connectivity index is 1.78. The first-order valence-electron chi connectivity index (χ1n) is 6.20. The Labute approximate surface area is 124 Å². The lowest BCUT2D eigenvalue weighted by molar-refractivity contribution is -0.143. The van der Waals surface area contributed by atoms with Crippen LogP contribution >= 0.6 is 22.9 Å². The predicted molar refractivity (Wildman–Crippen MR) is 78.3 cm³/mol. The van der Waals surface area contributed by atoms with E-state index in [9.17, 15) is 9.59 Å². The van der Waals surface area contributed by atoms with Crippen LogP contribution in [0, 0.1) is 0 Å². The summed E-state index contributed by atoms with van der Waals surface area (Å²) in [7, 11) is 0. The van der Waals surface area contributed by atoms with E-state index < -0.39 is 11.5 Å². The van der Waals surface area contributed by atoms with Gasteiger partial charge in [0.2, 0.25) is 5.91 Å². The number of aliphatic carboxylic acids is 1. The van der Waals surface area contributed by atoms with Gasteiger partial charge in [0.05, 0.1) is 6.42 Å². The molecule has 1 aliphatic carbocycles. The number of carbonyl (C=O) groups excluding carboxylic acids is 1. The van der Waals surface area contributed by atoms with Gasteiger partial charge in [-0.1, -0.05) is 11.6 Å². The minimum absolute atomic E-state index is 0.176. The van der Waals surface area contributed by atoms with Gasteiger partial charge in [-0.2, -0.15) is 0 Å². The normalized spacial score (nSPS) is 16.1. The number of carboxylic acids is 1. The summed E-state index contributed by atoms with van der Waals surface area (Å²) in [5.74, 6) is -1.21. The number of fused-ring (bicyclic) bond motifs is 1. The van der Waals surface area contributed by atoms with Crippen LogP contribution in [0.3, 0.4) is 0 Å². The van der Waals surface area contributed by atoms with Crippen LogP contribution in [-0.2, 0) is 16.0 Å². The van der Waals surface area contributed by atoms with Crippen LogP contribution in [0.25, 0.3) is 10.1 Å². The molecule has 1 amide bonds. The SMILES string of the molecule is O=C(Cc1csc2ccc(Cl)cc12)NC1(C(=O)O)CC1. The molecule has 1 aromatic carbocycles. The maximum Gasteiger partial charge on any atom is 0.329 e. The number of amides is 1. The third-order valence-corrected chi connectivity index (χ3v) is 4.75. The second-order valence-electron chi connectivity index (χ2n) is 5.01. The van der Waals surface area contributed by atoms with Crippen molar-refractivity contribution in [1.82, 2.24) is 5.32 Å². The van der Waals surface area contributed by atoms with E-state index in [-0.39, 0.29) is 12.3 Å². The minimum atomic E-state index is -1.03. The zero-order chi connectivity index (χ0) is 14.3. The summed E-state index contributed by atoms with van der Waals surface area (Å²) in [5.41, 5.74) is -0.146. The summed E-state index contributed by atoms with van der Waals surface area (Å²) in [6.45, 7) is 0. The smallest absolute Gasteiger partial charge is 0.329 e. The molecule has 1 saturated carbocycles. The summed E-state index contributed by atoms with van der Waals surface area (Å²) in [6, 6.07) is 5.57. The Kier molecular flexibility index (Phi) is 3.18. The van der Waals surface area contributed by atoms with Gasteiger partial charge >= 0.3 is 5.97 Å². The number of nitrogens with one attached hydrogen (secondary N) is 1. The number of hydrogen-bond acceptors (Lipinski definition) is 3. The number of carboxylic acid groups (broad SMARTS) is 1. The van der Waals surface area contributed by atoms with E-state index in [1.54, 1.807) is 11.3 Å². The summed E-state index contributed by atoms with van der Waals surface area (Å²) in [6.07, 6.45) is 1.18. The van der Waals surface area contributed by atoms with Crippen LogP contribution in [0.1, 0.15) is 18.4 Å². The molecule has 2 N–H and O–H groups in total. The van der Waals surface area contributed by atoms with Crippen LogP contribution in [0.4, 0.5) is 0 Å². The predicted octanol–water partition coefficient (Wildman–Crippen LogP) is 2.83. The second kappa shape index (κ2) is 4.75. The first kappa shape index (κ1) is 13.4. The first-order chi connectivity index (χ1) is 9.50. The lowest BCUT2D eigenvalue weighted by atomic mass is 10.1. The van der Waals surface area contributed by atoms with Crippen molar-refractivity contribution in [2.75, 3.05) is 0 Å². The molecule has 0 atom stereocenters. The average Bonchev–Trinajstić information content (AvgIpc) is 3.07. The molecule has 0 bridgehead atoms. The van der Waals surface area contributed by atoms with E-state index in [0.29, 0.717) is 17.9 Å². The van der Waals surface area contributed by atoms with Gasteiger partial charge in [-0.15, -0.1) is 11.3 Å². The number of benzene rings is 1. The number of hydrogen-bond donors (Lipinski definition) is 2. The second-order valence-corrected chi connectivity index (χ2v) is 6.36. The van der Waals surface area contributed by atoms with Gasteiger partial charge in [0.25, 0.3) is 0 Å². The molecule has 1 fully saturated rings. The van der Waals surface area contributed by atoms with Gasteiger partial charge < -0.3 is 10.4 Å². The lowest BCUT2D eigenvalue weighted by Crippen LogP contribution is -2.43. The molecule has 3 rings (SSSR count). The Hall–Kier alpha value is -1.59. The summed E-state index contributed by atoms with van der Waals surface area (Å²) >= 11 is 7.52. The largest absolute Gasteiger partial charge is 0.480 e. The number of carbonyl (C=O) groups is 2. The highest BCUT2D eigenvalue weighted by atomic mass is 35.5. The molecule has 6 heteroatoms. The number of thiophene rings is 1. The van der Waals surface area contributed by atoms with Crippen molar-refractivity contribution in [3.8, 4) is 0 Å². The fraction of sp³-hybridized carbons (Fsp3) is 0.286. The Morgan fingerprint density at radius 3 is 2.80 bits per heavy atom. The van der Waals surface area contributed by atoms with Crippen molar-refractivity contribution in [3.05, 3.63) is 34.2 Å². The molecular weight excluding hydrogens is 298 g/mol. The van der Waals surface area contributed by atoms with Crippen LogP contribution < -0.4 is 5.32 Å². The van der Waals surface area contributed by atoms with E-state index >= 15 is 0 Å². The Morgan fingerprint density at radius 1 is 1.40 bits per heavy atom. The maximum atomic E-state index is 12.0. The third-order valence-electron chi connectivity index (χ3n) is 3.50. The van der Waals surface area contributed by atoms with Crippen molar-refractivity contribution < 1.29 is 14.7 Å². The molecule has 0 unspecified atom stereocenters. The molecule has 20 heavy (non-hydrogen) atoms. The first-order valence-corrected chi connectivity index (χ1v) is 7.46. The van der Waals surface area contributed by atoms with Crippen molar-refractivity contribution in [2.24, 2.45) is 0 Å². The molecule has 4 nitrogen and oxygen atoms in total. The van der Waals surface area contributed by atoms with E-state index in [0.717, 1.165) is 15.6 Å². The highest BCUT2D eigenvalue weighted by molar-refractivity contribution is 7.17. The van der Waals surface area contributed by atoms with Crippen molar-refractivity contribution in [2.45, 2.75) is 24.8 Å². The number of halogens is 1. The van der Waals surface area contributed by atoms with E-state index in [4.69, 9.17) is 16.7 Å². The third kappa shape index (κ3) is 2.39. The molecule has 0 aliphatic heterocycles. The minimum Gasteiger partial charge on any atom is -0.480 e. The molecule has 2 aromatic rings. The van der Waals surface area contributed by atoms with Gasteiger partial charge in [0, 0.05) is 9.72 Å². The standard InChI is InChI=1S/C14H12ClNO3S/c15-9-1-2-11-10(6-9)8(7-20-11)5-12(17)16-14(3-4-14)13(18)19/h1-2,6-7H,3-5H2,(H,16,17)(H,18,19). The summed E-state index contributed by atoms with van der Waals surface area (Å²) in [4.78, 5) is 23.0. The fourth-order valence-corrected chi connectivity index (χ4v) is 3.31. The highest BCUT2D eigenvalue weighted by Gasteiger charge is 2.51. The van der Waals surface area contributed by atoms with E-state index in [1.807, 2.05) is 23.6 Å². The van der Waals surface area contributed by atoms with Crippen LogP contribution in [0.15, 0.2) is 23.6 Å². The van der Waals surface area contributed by atoms with Gasteiger partial charge in [-0.3, -0.25) is 4.79 Å². The van der Waals surface area contributed by atoms with Gasteiger partial charge in [-0.05, 0) is 47.4 Å². The zero-order valence-electron chi connectivity index (χ0n) is 10.5. The van der Waals surface area contributed by atoms with E-state index in [1.165, 1.54) is 0 Å². The molecule has 0 radical (unpaired) electrons. The van der Waals surface area contributed by atoms with Crippen LogP contribution in [-0.4, -0.2) is 22.5 Å². The van der Waals surface area contributed by atoms with Crippen molar-refractivity contribution in [1.29, 1.82) is 0 Å². The topological polar surface area (TPSA) is 66.4 Å². The zero-order valence-corrected chi connectivity index (χ0v) is 12.1. The van der Waals surface area contributed by atoms with Crippen LogP contribution in [0.5, 0.6) is 0 Å². The Bertz CT molecular complexity index is 706. The molecular formula is C14H12ClNO3S.